The Kier molecular flexibility index (Phi) is 3.95. The molecule has 3 aromatic heterocycles. The highest BCUT2D eigenvalue weighted by Crippen LogP contribution is 2.39. The van der Waals surface area contributed by atoms with Gasteiger partial charge in [-0.3, -0.25) is 9.78 Å². The van der Waals surface area contributed by atoms with Crippen LogP contribution in [0.2, 0.25) is 0 Å². The van der Waals surface area contributed by atoms with Gasteiger partial charge in [0.25, 0.3) is 5.91 Å². The second kappa shape index (κ2) is 6.61. The fourth-order valence-electron chi connectivity index (χ4n) is 3.52. The molecule has 0 radical (unpaired) electrons. The number of hydrogen-bond donors (Lipinski definition) is 0. The molecule has 8 heteroatoms. The van der Waals surface area contributed by atoms with Crippen molar-refractivity contribution < 1.29 is 9.32 Å². The van der Waals surface area contributed by atoms with Crippen molar-refractivity contribution in [3.8, 4) is 0 Å². The number of carbonyl (C=O) groups is 1. The summed E-state index contributed by atoms with van der Waals surface area (Å²) >= 11 is 0. The number of aromatic nitrogens is 5. The van der Waals surface area contributed by atoms with Crippen LogP contribution >= 0.6 is 0 Å². The minimum Gasteiger partial charge on any atom is -0.351 e. The third-order valence-corrected chi connectivity index (χ3v) is 5.21. The van der Waals surface area contributed by atoms with Crippen LogP contribution in [0.25, 0.3) is 0 Å². The Balaban J connectivity index is 1.30. The molecule has 2 aliphatic rings. The van der Waals surface area contributed by atoms with E-state index in [4.69, 9.17) is 4.52 Å². The lowest BCUT2D eigenvalue weighted by molar-refractivity contribution is 0.0716. The average molecular weight is 364 g/mol. The van der Waals surface area contributed by atoms with Gasteiger partial charge >= 0.3 is 0 Å². The molecule has 0 N–H and O–H groups in total. The van der Waals surface area contributed by atoms with E-state index in [1.165, 1.54) is 0 Å². The van der Waals surface area contributed by atoms with E-state index < -0.39 is 0 Å². The van der Waals surface area contributed by atoms with Crippen molar-refractivity contribution in [2.24, 2.45) is 0 Å². The molecule has 138 valence electrons. The molecule has 5 rings (SSSR count). The molecule has 1 saturated carbocycles. The number of rotatable bonds is 4. The standard InChI is InChI=1S/C19H20N6O2/c26-19(16-11-15(23-27-16)14-3-4-14)24-7-5-17-21-22-18(25(17)9-8-24)10-13-2-1-6-20-12-13/h1-2,6,11-12,14H,3-5,7-10H2. The molecule has 4 heterocycles. The van der Waals surface area contributed by atoms with Crippen molar-refractivity contribution >= 4 is 5.91 Å². The van der Waals surface area contributed by atoms with Gasteiger partial charge in [0, 0.05) is 56.9 Å². The SMILES string of the molecule is O=C(c1cc(C2CC2)no1)N1CCc2nnc(Cc3cccnc3)n2CC1. The van der Waals surface area contributed by atoms with Crippen LogP contribution < -0.4 is 0 Å². The summed E-state index contributed by atoms with van der Waals surface area (Å²) in [5.74, 6) is 2.54. The van der Waals surface area contributed by atoms with Gasteiger partial charge < -0.3 is 14.0 Å². The number of carbonyl (C=O) groups excluding carboxylic acids is 1. The highest BCUT2D eigenvalue weighted by molar-refractivity contribution is 5.91. The Morgan fingerprint density at radius 3 is 2.96 bits per heavy atom. The minimum absolute atomic E-state index is 0.0954. The predicted octanol–water partition coefficient (Wildman–Crippen LogP) is 1.83. The smallest absolute Gasteiger partial charge is 0.292 e. The van der Waals surface area contributed by atoms with E-state index in [9.17, 15) is 4.79 Å². The van der Waals surface area contributed by atoms with Gasteiger partial charge in [0.2, 0.25) is 5.76 Å². The molecule has 0 bridgehead atoms. The van der Waals surface area contributed by atoms with Gasteiger partial charge in [-0.05, 0) is 24.5 Å². The van der Waals surface area contributed by atoms with E-state index in [2.05, 4.69) is 24.9 Å². The fourth-order valence-corrected chi connectivity index (χ4v) is 3.52. The van der Waals surface area contributed by atoms with E-state index in [-0.39, 0.29) is 5.91 Å². The topological polar surface area (TPSA) is 89.9 Å². The van der Waals surface area contributed by atoms with Crippen molar-refractivity contribution in [3.63, 3.8) is 0 Å². The van der Waals surface area contributed by atoms with Crippen molar-refractivity contribution in [3.05, 3.63) is 59.3 Å². The van der Waals surface area contributed by atoms with Gasteiger partial charge in [-0.25, -0.2) is 0 Å². The average Bonchev–Trinajstić information content (AvgIpc) is 3.37. The monoisotopic (exact) mass is 364 g/mol. The van der Waals surface area contributed by atoms with Crippen LogP contribution in [0, 0.1) is 0 Å². The molecule has 1 aliphatic heterocycles. The van der Waals surface area contributed by atoms with E-state index in [1.807, 2.05) is 23.2 Å². The number of fused-ring (bicyclic) bond motifs is 1. The molecule has 1 aliphatic carbocycles. The molecule has 1 fully saturated rings. The van der Waals surface area contributed by atoms with Crippen LogP contribution in [0.15, 0.2) is 35.1 Å². The van der Waals surface area contributed by atoms with Crippen molar-refractivity contribution in [2.45, 2.75) is 38.1 Å². The largest absolute Gasteiger partial charge is 0.351 e. The van der Waals surface area contributed by atoms with Crippen LogP contribution in [0.5, 0.6) is 0 Å². The van der Waals surface area contributed by atoms with E-state index in [0.717, 1.165) is 35.7 Å². The molecule has 8 nitrogen and oxygen atoms in total. The second-order valence-corrected chi connectivity index (χ2v) is 7.15. The molecular weight excluding hydrogens is 344 g/mol. The maximum Gasteiger partial charge on any atom is 0.292 e. The first-order valence-electron chi connectivity index (χ1n) is 9.33. The van der Waals surface area contributed by atoms with Gasteiger partial charge in [0.1, 0.15) is 11.6 Å². The summed E-state index contributed by atoms with van der Waals surface area (Å²) in [5, 5.41) is 12.7. The number of nitrogens with zero attached hydrogens (tertiary/aromatic N) is 6. The number of pyridine rings is 1. The molecule has 3 aromatic rings. The zero-order chi connectivity index (χ0) is 18.2. The Hall–Kier alpha value is -3.03. The Labute approximate surface area is 156 Å². The van der Waals surface area contributed by atoms with Crippen molar-refractivity contribution in [1.82, 2.24) is 29.8 Å². The molecule has 27 heavy (non-hydrogen) atoms. The molecular formula is C19H20N6O2. The molecule has 0 aromatic carbocycles. The lowest BCUT2D eigenvalue weighted by Gasteiger charge is -2.18. The van der Waals surface area contributed by atoms with E-state index >= 15 is 0 Å². The van der Waals surface area contributed by atoms with Crippen molar-refractivity contribution in [2.75, 3.05) is 13.1 Å². The zero-order valence-corrected chi connectivity index (χ0v) is 14.9. The van der Waals surface area contributed by atoms with E-state index in [1.54, 1.807) is 12.3 Å². The molecule has 0 atom stereocenters. The second-order valence-electron chi connectivity index (χ2n) is 7.15. The third-order valence-electron chi connectivity index (χ3n) is 5.21. The summed E-state index contributed by atoms with van der Waals surface area (Å²) in [6.45, 7) is 1.87. The summed E-state index contributed by atoms with van der Waals surface area (Å²) in [6, 6.07) is 5.75. The summed E-state index contributed by atoms with van der Waals surface area (Å²) in [7, 11) is 0. The number of amides is 1. The minimum atomic E-state index is -0.0954. The van der Waals surface area contributed by atoms with Gasteiger partial charge in [0.15, 0.2) is 0 Å². The highest BCUT2D eigenvalue weighted by Gasteiger charge is 2.30. The molecule has 0 spiro atoms. The predicted molar refractivity (Wildman–Crippen MR) is 95.2 cm³/mol. The fraction of sp³-hybridized carbons (Fsp3) is 0.421. The maximum absolute atomic E-state index is 12.8. The van der Waals surface area contributed by atoms with Gasteiger partial charge in [-0.2, -0.15) is 0 Å². The van der Waals surface area contributed by atoms with Crippen molar-refractivity contribution in [1.29, 1.82) is 0 Å². The summed E-state index contributed by atoms with van der Waals surface area (Å²) in [6.07, 6.45) is 7.23. The third kappa shape index (κ3) is 3.22. The van der Waals surface area contributed by atoms with Gasteiger partial charge in [-0.15, -0.1) is 10.2 Å². The van der Waals surface area contributed by atoms with Crippen LogP contribution in [-0.4, -0.2) is 48.8 Å². The zero-order valence-electron chi connectivity index (χ0n) is 14.9. The Morgan fingerprint density at radius 2 is 2.15 bits per heavy atom. The maximum atomic E-state index is 12.8. The highest BCUT2D eigenvalue weighted by atomic mass is 16.5. The van der Waals surface area contributed by atoms with Crippen LogP contribution in [-0.2, 0) is 19.4 Å². The molecule has 1 amide bonds. The molecule has 0 saturated heterocycles. The van der Waals surface area contributed by atoms with Gasteiger partial charge in [-0.1, -0.05) is 11.2 Å². The summed E-state index contributed by atoms with van der Waals surface area (Å²) in [5.41, 5.74) is 2.00. The Bertz CT molecular complexity index is 960. The molecule has 0 unspecified atom stereocenters. The first-order chi connectivity index (χ1) is 13.3. The normalized spacial score (nSPS) is 16.8. The van der Waals surface area contributed by atoms with Crippen LogP contribution in [0.4, 0.5) is 0 Å². The summed E-state index contributed by atoms with van der Waals surface area (Å²) < 4.78 is 7.42. The van der Waals surface area contributed by atoms with Crippen LogP contribution in [0.1, 0.15) is 52.2 Å². The summed E-state index contributed by atoms with van der Waals surface area (Å²) in [4.78, 5) is 18.8. The lowest BCUT2D eigenvalue weighted by atomic mass is 10.2. The number of hydrogen-bond acceptors (Lipinski definition) is 6. The van der Waals surface area contributed by atoms with Crippen LogP contribution in [0.3, 0.4) is 0 Å². The Morgan fingerprint density at radius 1 is 1.22 bits per heavy atom. The quantitative estimate of drug-likeness (QED) is 0.702. The first-order valence-corrected chi connectivity index (χ1v) is 9.33. The lowest BCUT2D eigenvalue weighted by Crippen LogP contribution is -2.33. The van der Waals surface area contributed by atoms with Gasteiger partial charge in [0.05, 0.1) is 5.69 Å². The van der Waals surface area contributed by atoms with E-state index in [0.29, 0.717) is 44.2 Å². The first kappa shape index (κ1) is 16.2.